The number of carboxylic acids is 1. The predicted octanol–water partition coefficient (Wildman–Crippen LogP) is -0.757. The second-order valence-electron chi connectivity index (χ2n) is 2.85. The Kier molecular flexibility index (Phi) is 2.06. The average molecular weight is 174 g/mol. The second-order valence-corrected chi connectivity index (χ2v) is 2.85. The molecule has 0 aromatic heterocycles. The van der Waals surface area contributed by atoms with Crippen LogP contribution in [-0.4, -0.2) is 35.9 Å². The van der Waals surface area contributed by atoms with Crippen LogP contribution in [0.3, 0.4) is 0 Å². The first kappa shape index (κ1) is 8.99. The zero-order chi connectivity index (χ0) is 9.35. The number of hydrogen-bond donors (Lipinski definition) is 2. The van der Waals surface area contributed by atoms with Gasteiger partial charge in [0.15, 0.2) is 5.41 Å². The number of aliphatic carboxylic acids is 1. The highest BCUT2D eigenvalue weighted by molar-refractivity contribution is 6.02. The third-order valence-electron chi connectivity index (χ3n) is 2.26. The van der Waals surface area contributed by atoms with Crippen LogP contribution in [0.15, 0.2) is 0 Å². The molecule has 0 aliphatic heterocycles. The van der Waals surface area contributed by atoms with Gasteiger partial charge >= 0.3 is 11.9 Å². The molecule has 1 fully saturated rings. The van der Waals surface area contributed by atoms with Gasteiger partial charge in [-0.1, -0.05) is 0 Å². The summed E-state index contributed by atoms with van der Waals surface area (Å²) in [5.41, 5.74) is -1.47. The summed E-state index contributed by atoms with van der Waals surface area (Å²) in [6.07, 6.45) is 0.172. The summed E-state index contributed by atoms with van der Waals surface area (Å²) < 4.78 is 4.34. The second kappa shape index (κ2) is 2.75. The lowest BCUT2D eigenvalue weighted by Crippen LogP contribution is -2.29. The zero-order valence-electron chi connectivity index (χ0n) is 6.61. The molecule has 0 aromatic rings. The maximum Gasteiger partial charge on any atom is 0.323 e. The maximum absolute atomic E-state index is 11.0. The molecular weight excluding hydrogens is 164 g/mol. The van der Waals surface area contributed by atoms with Crippen molar-refractivity contribution in [1.82, 2.24) is 0 Å². The lowest BCUT2D eigenvalue weighted by Gasteiger charge is -2.07. The number of carboxylic acid groups (broad SMARTS) is 1. The van der Waals surface area contributed by atoms with Crippen LogP contribution in [0.5, 0.6) is 0 Å². The van der Waals surface area contributed by atoms with E-state index in [4.69, 9.17) is 10.2 Å². The molecule has 2 N–H and O–H groups in total. The van der Waals surface area contributed by atoms with Crippen LogP contribution >= 0.6 is 0 Å². The minimum absolute atomic E-state index is 0.172. The Morgan fingerprint density at radius 1 is 1.67 bits per heavy atom. The van der Waals surface area contributed by atoms with Crippen molar-refractivity contribution in [1.29, 1.82) is 0 Å². The highest BCUT2D eigenvalue weighted by atomic mass is 16.5. The first-order valence-corrected chi connectivity index (χ1v) is 3.52. The molecule has 1 saturated carbocycles. The van der Waals surface area contributed by atoms with Crippen LogP contribution in [0.4, 0.5) is 0 Å². The highest BCUT2D eigenvalue weighted by Crippen LogP contribution is 2.53. The first-order valence-electron chi connectivity index (χ1n) is 3.52. The molecule has 1 aliphatic carbocycles. The molecule has 2 atom stereocenters. The van der Waals surface area contributed by atoms with Crippen LogP contribution in [0.1, 0.15) is 6.42 Å². The fourth-order valence-corrected chi connectivity index (χ4v) is 1.33. The van der Waals surface area contributed by atoms with E-state index < -0.39 is 23.3 Å². The number of carbonyl (C=O) groups excluding carboxylic acids is 1. The molecule has 1 rings (SSSR count). The van der Waals surface area contributed by atoms with Crippen molar-refractivity contribution in [3.63, 3.8) is 0 Å². The Hall–Kier alpha value is -1.10. The molecule has 12 heavy (non-hydrogen) atoms. The summed E-state index contributed by atoms with van der Waals surface area (Å²) in [5.74, 6) is -2.47. The van der Waals surface area contributed by atoms with Gasteiger partial charge in [0.2, 0.25) is 0 Å². The summed E-state index contributed by atoms with van der Waals surface area (Å²) in [6.45, 7) is -0.290. The van der Waals surface area contributed by atoms with Gasteiger partial charge in [0.05, 0.1) is 7.11 Å². The SMILES string of the molecule is COC(=O)[C@]1(C(=O)O)C[C@H]1CO. The predicted molar refractivity (Wildman–Crippen MR) is 37.3 cm³/mol. The van der Waals surface area contributed by atoms with Crippen molar-refractivity contribution in [3.05, 3.63) is 0 Å². The highest BCUT2D eigenvalue weighted by Gasteiger charge is 2.67. The van der Waals surface area contributed by atoms with Crippen LogP contribution in [0.2, 0.25) is 0 Å². The normalized spacial score (nSPS) is 32.7. The molecule has 1 aliphatic rings. The van der Waals surface area contributed by atoms with Crippen molar-refractivity contribution in [2.75, 3.05) is 13.7 Å². The number of carbonyl (C=O) groups is 2. The fraction of sp³-hybridized carbons (Fsp3) is 0.714. The van der Waals surface area contributed by atoms with Crippen molar-refractivity contribution in [3.8, 4) is 0 Å². The largest absolute Gasteiger partial charge is 0.480 e. The molecule has 0 radical (unpaired) electrons. The van der Waals surface area contributed by atoms with E-state index in [2.05, 4.69) is 4.74 Å². The van der Waals surface area contributed by atoms with E-state index in [0.717, 1.165) is 7.11 Å². The Labute approximate surface area is 68.9 Å². The first-order chi connectivity index (χ1) is 5.59. The number of esters is 1. The number of aliphatic hydroxyl groups excluding tert-OH is 1. The molecule has 5 heteroatoms. The zero-order valence-corrected chi connectivity index (χ0v) is 6.61. The molecule has 5 nitrogen and oxygen atoms in total. The Bertz CT molecular complexity index is 224. The summed E-state index contributed by atoms with van der Waals surface area (Å²) in [4.78, 5) is 21.6. The third kappa shape index (κ3) is 0.972. The monoisotopic (exact) mass is 174 g/mol. The minimum Gasteiger partial charge on any atom is -0.480 e. The quantitative estimate of drug-likeness (QED) is 0.434. The molecule has 0 amide bonds. The van der Waals surface area contributed by atoms with Gasteiger partial charge in [-0.3, -0.25) is 9.59 Å². The number of hydrogen-bond acceptors (Lipinski definition) is 4. The Balaban J connectivity index is 2.78. The third-order valence-corrected chi connectivity index (χ3v) is 2.26. The van der Waals surface area contributed by atoms with Crippen LogP contribution in [-0.2, 0) is 14.3 Å². The summed E-state index contributed by atoms with van der Waals surface area (Å²) in [7, 11) is 1.14. The standard InChI is InChI=1S/C7H10O5/c1-12-6(11)7(5(9)10)2-4(7)3-8/h4,8H,2-3H2,1H3,(H,9,10)/t4-,7+/m0/s1. The van der Waals surface area contributed by atoms with Gasteiger partial charge in [-0.05, 0) is 6.42 Å². The van der Waals surface area contributed by atoms with Gasteiger partial charge in [-0.2, -0.15) is 0 Å². The van der Waals surface area contributed by atoms with E-state index >= 15 is 0 Å². The van der Waals surface area contributed by atoms with Gasteiger partial charge in [0.1, 0.15) is 0 Å². The maximum atomic E-state index is 11.0. The van der Waals surface area contributed by atoms with E-state index in [1.54, 1.807) is 0 Å². The molecule has 0 saturated heterocycles. The molecule has 68 valence electrons. The molecular formula is C7H10O5. The molecule has 0 bridgehead atoms. The lowest BCUT2D eigenvalue weighted by molar-refractivity contribution is -0.160. The van der Waals surface area contributed by atoms with Crippen molar-refractivity contribution < 1.29 is 24.5 Å². The van der Waals surface area contributed by atoms with Crippen LogP contribution < -0.4 is 0 Å². The average Bonchev–Trinajstić information content (AvgIpc) is 2.78. The topological polar surface area (TPSA) is 83.8 Å². The van der Waals surface area contributed by atoms with Crippen molar-refractivity contribution in [2.45, 2.75) is 6.42 Å². The lowest BCUT2D eigenvalue weighted by atomic mass is 10.1. The number of rotatable bonds is 3. The van der Waals surface area contributed by atoms with Gasteiger partial charge in [0.25, 0.3) is 0 Å². The van der Waals surface area contributed by atoms with E-state index in [1.165, 1.54) is 0 Å². The smallest absolute Gasteiger partial charge is 0.323 e. The van der Waals surface area contributed by atoms with Gasteiger partial charge < -0.3 is 14.9 Å². The van der Waals surface area contributed by atoms with Crippen LogP contribution in [0, 0.1) is 11.3 Å². The Morgan fingerprint density at radius 3 is 2.50 bits per heavy atom. The number of ether oxygens (including phenoxy) is 1. The Morgan fingerprint density at radius 2 is 2.25 bits per heavy atom. The van der Waals surface area contributed by atoms with E-state index in [1.807, 2.05) is 0 Å². The molecule has 0 spiro atoms. The fourth-order valence-electron chi connectivity index (χ4n) is 1.33. The molecule has 0 unspecified atom stereocenters. The van der Waals surface area contributed by atoms with Crippen molar-refractivity contribution >= 4 is 11.9 Å². The molecule has 0 heterocycles. The van der Waals surface area contributed by atoms with Crippen LogP contribution in [0.25, 0.3) is 0 Å². The number of methoxy groups -OCH3 is 1. The molecule has 0 aromatic carbocycles. The summed E-state index contributed by atoms with van der Waals surface area (Å²) >= 11 is 0. The summed E-state index contributed by atoms with van der Waals surface area (Å²) in [5, 5.41) is 17.4. The van der Waals surface area contributed by atoms with Gasteiger partial charge in [0, 0.05) is 12.5 Å². The van der Waals surface area contributed by atoms with E-state index in [-0.39, 0.29) is 13.0 Å². The summed E-state index contributed by atoms with van der Waals surface area (Å²) in [6, 6.07) is 0. The van der Waals surface area contributed by atoms with Crippen molar-refractivity contribution in [2.24, 2.45) is 11.3 Å². The van der Waals surface area contributed by atoms with E-state index in [0.29, 0.717) is 0 Å². The van der Waals surface area contributed by atoms with Gasteiger partial charge in [-0.15, -0.1) is 0 Å². The number of aliphatic hydroxyl groups is 1. The minimum atomic E-state index is -1.47. The van der Waals surface area contributed by atoms with Gasteiger partial charge in [-0.25, -0.2) is 0 Å². The van der Waals surface area contributed by atoms with E-state index in [9.17, 15) is 9.59 Å².